The van der Waals surface area contributed by atoms with E-state index in [2.05, 4.69) is 10.3 Å². The number of carbonyl (C=O) groups excluding carboxylic acids is 1. The van der Waals surface area contributed by atoms with Gasteiger partial charge in [0.2, 0.25) is 0 Å². The lowest BCUT2D eigenvalue weighted by Crippen LogP contribution is -2.12. The summed E-state index contributed by atoms with van der Waals surface area (Å²) in [4.78, 5) is 18.0. The van der Waals surface area contributed by atoms with Crippen LogP contribution < -0.4 is 5.32 Å². The Labute approximate surface area is 151 Å². The van der Waals surface area contributed by atoms with Crippen molar-refractivity contribution < 1.29 is 4.79 Å². The largest absolute Gasteiger partial charge is 0.322 e. The Balaban J connectivity index is 1.87. The molecule has 1 heterocycles. The standard InChI is InChI=1S/C16H13ClN2OS3/c1-21-10-4-5-12(17)11(8-10)15(20)18-9-3-6-13-14(7-9)23-16(19-13)22-2/h3-8H,1-2H3,(H,18,20). The van der Waals surface area contributed by atoms with Crippen LogP contribution in [0.3, 0.4) is 0 Å². The average Bonchev–Trinajstić information content (AvgIpc) is 2.97. The number of thiazole rings is 1. The summed E-state index contributed by atoms with van der Waals surface area (Å²) in [6.45, 7) is 0. The zero-order chi connectivity index (χ0) is 16.4. The quantitative estimate of drug-likeness (QED) is 0.594. The summed E-state index contributed by atoms with van der Waals surface area (Å²) in [5.41, 5.74) is 2.16. The second kappa shape index (κ2) is 7.13. The summed E-state index contributed by atoms with van der Waals surface area (Å²) in [5, 5.41) is 3.36. The number of hydrogen-bond acceptors (Lipinski definition) is 5. The van der Waals surface area contributed by atoms with E-state index in [4.69, 9.17) is 11.6 Å². The van der Waals surface area contributed by atoms with Gasteiger partial charge in [0, 0.05) is 10.6 Å². The molecule has 0 aliphatic carbocycles. The molecule has 0 aliphatic heterocycles. The SMILES string of the molecule is CSc1ccc(Cl)c(C(=O)Nc2ccc3nc(SC)sc3c2)c1. The van der Waals surface area contributed by atoms with Gasteiger partial charge in [-0.25, -0.2) is 4.98 Å². The van der Waals surface area contributed by atoms with E-state index in [-0.39, 0.29) is 5.91 Å². The minimum absolute atomic E-state index is 0.208. The molecule has 0 bridgehead atoms. The van der Waals surface area contributed by atoms with E-state index in [1.807, 2.05) is 36.8 Å². The van der Waals surface area contributed by atoms with Crippen LogP contribution in [0.2, 0.25) is 5.02 Å². The number of carbonyl (C=O) groups is 1. The first-order valence-electron chi connectivity index (χ1n) is 6.70. The third-order valence-corrected chi connectivity index (χ3v) is 6.28. The van der Waals surface area contributed by atoms with Gasteiger partial charge in [-0.05, 0) is 48.9 Å². The first kappa shape index (κ1) is 16.6. The second-order valence-electron chi connectivity index (χ2n) is 4.67. The van der Waals surface area contributed by atoms with Gasteiger partial charge < -0.3 is 5.32 Å². The summed E-state index contributed by atoms with van der Waals surface area (Å²) < 4.78 is 2.07. The van der Waals surface area contributed by atoms with Gasteiger partial charge in [0.25, 0.3) is 5.91 Å². The predicted molar refractivity (Wildman–Crippen MR) is 103 cm³/mol. The molecule has 0 saturated carbocycles. The maximum Gasteiger partial charge on any atom is 0.257 e. The van der Waals surface area contributed by atoms with Crippen LogP contribution in [0.25, 0.3) is 10.2 Å². The molecule has 1 N–H and O–H groups in total. The van der Waals surface area contributed by atoms with Gasteiger partial charge in [-0.1, -0.05) is 23.4 Å². The normalized spacial score (nSPS) is 10.9. The van der Waals surface area contributed by atoms with Crippen molar-refractivity contribution in [3.8, 4) is 0 Å². The van der Waals surface area contributed by atoms with Crippen LogP contribution in [0.4, 0.5) is 5.69 Å². The van der Waals surface area contributed by atoms with Crippen molar-refractivity contribution in [2.24, 2.45) is 0 Å². The monoisotopic (exact) mass is 380 g/mol. The minimum Gasteiger partial charge on any atom is -0.322 e. The number of rotatable bonds is 4. The smallest absolute Gasteiger partial charge is 0.257 e. The van der Waals surface area contributed by atoms with E-state index in [9.17, 15) is 4.79 Å². The first-order valence-corrected chi connectivity index (χ1v) is 10.3. The lowest BCUT2D eigenvalue weighted by molar-refractivity contribution is 0.102. The summed E-state index contributed by atoms with van der Waals surface area (Å²) in [6, 6.07) is 11.2. The maximum atomic E-state index is 12.5. The van der Waals surface area contributed by atoms with Crippen molar-refractivity contribution in [2.75, 3.05) is 17.8 Å². The highest BCUT2D eigenvalue weighted by atomic mass is 35.5. The number of aromatic nitrogens is 1. The molecule has 0 spiro atoms. The Morgan fingerprint density at radius 3 is 2.74 bits per heavy atom. The van der Waals surface area contributed by atoms with Gasteiger partial charge in [0.05, 0.1) is 20.8 Å². The first-order chi connectivity index (χ1) is 11.1. The Kier molecular flexibility index (Phi) is 5.16. The Hall–Kier alpha value is -1.21. The van der Waals surface area contributed by atoms with Gasteiger partial charge in [-0.3, -0.25) is 4.79 Å². The molecule has 0 saturated heterocycles. The van der Waals surface area contributed by atoms with E-state index in [0.29, 0.717) is 10.6 Å². The molecule has 7 heteroatoms. The number of halogens is 1. The fourth-order valence-electron chi connectivity index (χ4n) is 2.07. The molecule has 0 radical (unpaired) electrons. The molecule has 0 aliphatic rings. The maximum absolute atomic E-state index is 12.5. The molecule has 3 aromatic rings. The molecule has 118 valence electrons. The number of amides is 1. The fourth-order valence-corrected chi connectivity index (χ4v) is 4.24. The zero-order valence-electron chi connectivity index (χ0n) is 12.4. The fraction of sp³-hybridized carbons (Fsp3) is 0.125. The van der Waals surface area contributed by atoms with Gasteiger partial charge in [-0.2, -0.15) is 0 Å². The zero-order valence-corrected chi connectivity index (χ0v) is 15.6. The third-order valence-electron chi connectivity index (χ3n) is 3.22. The van der Waals surface area contributed by atoms with Crippen LogP contribution in [-0.4, -0.2) is 23.4 Å². The molecule has 3 nitrogen and oxygen atoms in total. The summed E-state index contributed by atoms with van der Waals surface area (Å²) in [6.07, 6.45) is 3.97. The number of thioether (sulfide) groups is 2. The summed E-state index contributed by atoms with van der Waals surface area (Å²) in [7, 11) is 0. The van der Waals surface area contributed by atoms with Crippen molar-refractivity contribution >= 4 is 68.3 Å². The molecule has 1 aromatic heterocycles. The minimum atomic E-state index is -0.208. The highest BCUT2D eigenvalue weighted by molar-refractivity contribution is 8.00. The molecule has 0 fully saturated rings. The van der Waals surface area contributed by atoms with Crippen LogP contribution in [0.15, 0.2) is 45.6 Å². The number of fused-ring (bicyclic) bond motifs is 1. The van der Waals surface area contributed by atoms with E-state index < -0.39 is 0 Å². The van der Waals surface area contributed by atoms with Gasteiger partial charge >= 0.3 is 0 Å². The van der Waals surface area contributed by atoms with Crippen LogP contribution in [-0.2, 0) is 0 Å². The number of anilines is 1. The number of benzene rings is 2. The predicted octanol–water partition coefficient (Wildman–Crippen LogP) is 5.65. The van der Waals surface area contributed by atoms with Crippen LogP contribution in [0, 0.1) is 0 Å². The van der Waals surface area contributed by atoms with Gasteiger partial charge in [0.15, 0.2) is 4.34 Å². The topological polar surface area (TPSA) is 42.0 Å². The van der Waals surface area contributed by atoms with Crippen molar-refractivity contribution in [3.63, 3.8) is 0 Å². The van der Waals surface area contributed by atoms with Gasteiger partial charge in [-0.15, -0.1) is 23.1 Å². The second-order valence-corrected chi connectivity index (χ2v) is 8.04. The van der Waals surface area contributed by atoms with Crippen LogP contribution in [0.1, 0.15) is 10.4 Å². The Morgan fingerprint density at radius 2 is 2.00 bits per heavy atom. The van der Waals surface area contributed by atoms with Gasteiger partial charge in [0.1, 0.15) is 0 Å². The molecule has 0 unspecified atom stereocenters. The molecular weight excluding hydrogens is 368 g/mol. The van der Waals surface area contributed by atoms with E-state index >= 15 is 0 Å². The number of nitrogens with zero attached hydrogens (tertiary/aromatic N) is 1. The molecule has 0 atom stereocenters. The van der Waals surface area contributed by atoms with Crippen molar-refractivity contribution in [2.45, 2.75) is 9.24 Å². The molecule has 1 amide bonds. The van der Waals surface area contributed by atoms with Crippen molar-refractivity contribution in [1.29, 1.82) is 0 Å². The van der Waals surface area contributed by atoms with E-state index in [1.54, 1.807) is 47.0 Å². The van der Waals surface area contributed by atoms with E-state index in [0.717, 1.165) is 25.1 Å². The average molecular weight is 381 g/mol. The van der Waals surface area contributed by atoms with Crippen LogP contribution in [0.5, 0.6) is 0 Å². The Bertz CT molecular complexity index is 879. The highest BCUT2D eigenvalue weighted by Crippen LogP contribution is 2.30. The number of nitrogens with one attached hydrogen (secondary N) is 1. The van der Waals surface area contributed by atoms with E-state index in [1.165, 1.54) is 0 Å². The summed E-state index contributed by atoms with van der Waals surface area (Å²) in [5.74, 6) is -0.208. The molecule has 23 heavy (non-hydrogen) atoms. The Morgan fingerprint density at radius 1 is 1.17 bits per heavy atom. The highest BCUT2D eigenvalue weighted by Gasteiger charge is 2.12. The molecule has 3 rings (SSSR count). The third kappa shape index (κ3) is 3.66. The lowest BCUT2D eigenvalue weighted by Gasteiger charge is -2.08. The van der Waals surface area contributed by atoms with Crippen molar-refractivity contribution in [1.82, 2.24) is 4.98 Å². The van der Waals surface area contributed by atoms with Crippen LogP contribution >= 0.6 is 46.5 Å². The molecule has 2 aromatic carbocycles. The van der Waals surface area contributed by atoms with Crippen molar-refractivity contribution in [3.05, 3.63) is 47.0 Å². The summed E-state index contributed by atoms with van der Waals surface area (Å²) >= 11 is 11.0. The lowest BCUT2D eigenvalue weighted by atomic mass is 10.2. The number of hydrogen-bond donors (Lipinski definition) is 1. The molecular formula is C16H13ClN2OS3.